The molecular weight excluding hydrogens is 444 g/mol. The number of halogens is 1. The summed E-state index contributed by atoms with van der Waals surface area (Å²) >= 11 is 6.02. The molecule has 1 amide bonds. The number of rotatable bonds is 7. The highest BCUT2D eigenvalue weighted by molar-refractivity contribution is 7.89. The molecule has 0 bridgehead atoms. The summed E-state index contributed by atoms with van der Waals surface area (Å²) in [5, 5.41) is 0.478. The molecule has 0 atom stereocenters. The minimum absolute atomic E-state index is 0.113. The lowest BCUT2D eigenvalue weighted by Crippen LogP contribution is -2.29. The summed E-state index contributed by atoms with van der Waals surface area (Å²) in [5.74, 6) is 0.695. The molecule has 0 aliphatic heterocycles. The van der Waals surface area contributed by atoms with Crippen molar-refractivity contribution in [1.82, 2.24) is 9.71 Å². The predicted molar refractivity (Wildman–Crippen MR) is 117 cm³/mol. The molecule has 1 aromatic heterocycles. The molecule has 162 valence electrons. The maximum atomic E-state index is 12.4. The average Bonchev–Trinajstić information content (AvgIpc) is 2.73. The van der Waals surface area contributed by atoms with Gasteiger partial charge in [-0.25, -0.2) is 18.1 Å². The fourth-order valence-corrected chi connectivity index (χ4v) is 3.42. The van der Waals surface area contributed by atoms with Gasteiger partial charge in [0.05, 0.1) is 20.5 Å². The monoisotopic (exact) mass is 462 g/mol. The summed E-state index contributed by atoms with van der Waals surface area (Å²) in [6.07, 6.45) is 2.46. The van der Waals surface area contributed by atoms with Gasteiger partial charge in [0.15, 0.2) is 11.5 Å². The lowest BCUT2D eigenvalue weighted by molar-refractivity contribution is 0.0981. The van der Waals surface area contributed by atoms with Gasteiger partial charge in [0.2, 0.25) is 15.9 Å². The smallest absolute Gasteiger partial charge is 0.264 e. The third kappa shape index (κ3) is 5.44. The van der Waals surface area contributed by atoms with E-state index in [0.717, 1.165) is 6.26 Å². The highest BCUT2D eigenvalue weighted by atomic mass is 35.5. The van der Waals surface area contributed by atoms with Crippen LogP contribution in [0.4, 0.5) is 0 Å². The number of nitrogens with one attached hydrogen (secondary N) is 1. The van der Waals surface area contributed by atoms with Gasteiger partial charge in [0.1, 0.15) is 5.75 Å². The van der Waals surface area contributed by atoms with Gasteiger partial charge in [0.25, 0.3) is 5.91 Å². The number of sulfonamides is 1. The number of carbonyl (C=O) groups is 1. The zero-order valence-corrected chi connectivity index (χ0v) is 18.5. The Morgan fingerprint density at radius 3 is 2.39 bits per heavy atom. The second-order valence-corrected chi connectivity index (χ2v) is 8.56. The number of nitrogens with zero attached hydrogens (tertiary/aromatic N) is 1. The maximum absolute atomic E-state index is 12.4. The Morgan fingerprint density at radius 1 is 0.968 bits per heavy atom. The third-order valence-corrected chi connectivity index (χ3v) is 4.91. The Labute approximate surface area is 184 Å². The fourth-order valence-electron chi connectivity index (χ4n) is 2.80. The molecule has 0 saturated heterocycles. The summed E-state index contributed by atoms with van der Waals surface area (Å²) in [6.45, 7) is 0. The van der Waals surface area contributed by atoms with E-state index in [9.17, 15) is 13.2 Å². The quantitative estimate of drug-likeness (QED) is 0.567. The Morgan fingerprint density at radius 2 is 1.71 bits per heavy atom. The molecule has 1 N–H and O–H groups in total. The molecule has 8 nitrogen and oxygen atoms in total. The molecule has 2 aromatic carbocycles. The number of benzene rings is 2. The summed E-state index contributed by atoms with van der Waals surface area (Å²) < 4.78 is 41.6. The van der Waals surface area contributed by atoms with Crippen LogP contribution in [0.1, 0.15) is 10.4 Å². The molecule has 31 heavy (non-hydrogen) atoms. The highest BCUT2D eigenvalue weighted by Crippen LogP contribution is 2.41. The normalized spacial score (nSPS) is 11.0. The van der Waals surface area contributed by atoms with Crippen LogP contribution >= 0.6 is 11.6 Å². The molecule has 1 heterocycles. The molecule has 3 rings (SSSR count). The van der Waals surface area contributed by atoms with Crippen LogP contribution in [-0.4, -0.2) is 39.8 Å². The molecule has 0 saturated carbocycles. The van der Waals surface area contributed by atoms with Crippen LogP contribution in [0.3, 0.4) is 0 Å². The molecule has 0 spiro atoms. The number of carbonyl (C=O) groups excluding carboxylic acids is 1. The number of methoxy groups -OCH3 is 2. The van der Waals surface area contributed by atoms with Crippen molar-refractivity contribution in [3.63, 3.8) is 0 Å². The minimum Gasteiger partial charge on any atom is -0.493 e. The zero-order valence-electron chi connectivity index (χ0n) is 16.9. The summed E-state index contributed by atoms with van der Waals surface area (Å²) in [5.41, 5.74) is 1.12. The summed E-state index contributed by atoms with van der Waals surface area (Å²) in [6, 6.07) is 12.8. The Balaban J connectivity index is 2.14. The van der Waals surface area contributed by atoms with Crippen LogP contribution in [0, 0.1) is 0 Å². The van der Waals surface area contributed by atoms with E-state index in [-0.39, 0.29) is 5.56 Å². The van der Waals surface area contributed by atoms with Crippen molar-refractivity contribution in [1.29, 1.82) is 0 Å². The first-order valence-electron chi connectivity index (χ1n) is 8.89. The second kappa shape index (κ2) is 9.23. The Kier molecular flexibility index (Phi) is 6.67. The van der Waals surface area contributed by atoms with Crippen LogP contribution in [-0.2, 0) is 10.0 Å². The summed E-state index contributed by atoms with van der Waals surface area (Å²) in [4.78, 5) is 16.6. The van der Waals surface area contributed by atoms with E-state index < -0.39 is 15.9 Å². The first kappa shape index (κ1) is 22.4. The van der Waals surface area contributed by atoms with Crippen LogP contribution < -0.4 is 18.9 Å². The van der Waals surface area contributed by atoms with Crippen molar-refractivity contribution in [3.8, 4) is 34.3 Å². The van der Waals surface area contributed by atoms with Crippen molar-refractivity contribution in [2.75, 3.05) is 20.5 Å². The van der Waals surface area contributed by atoms with E-state index in [4.69, 9.17) is 25.8 Å². The number of pyridine rings is 1. The van der Waals surface area contributed by atoms with Crippen molar-refractivity contribution in [2.24, 2.45) is 0 Å². The topological polar surface area (TPSA) is 104 Å². The Bertz CT molecular complexity index is 1230. The molecule has 0 unspecified atom stereocenters. The fraction of sp³-hybridized carbons (Fsp3) is 0.143. The van der Waals surface area contributed by atoms with Crippen LogP contribution in [0.15, 0.2) is 54.7 Å². The van der Waals surface area contributed by atoms with Crippen molar-refractivity contribution in [3.05, 3.63) is 65.3 Å². The van der Waals surface area contributed by atoms with E-state index >= 15 is 0 Å². The number of aromatic nitrogens is 1. The molecule has 0 aliphatic carbocycles. The van der Waals surface area contributed by atoms with E-state index in [1.54, 1.807) is 42.6 Å². The number of hydrogen-bond donors (Lipinski definition) is 1. The maximum Gasteiger partial charge on any atom is 0.264 e. The van der Waals surface area contributed by atoms with Gasteiger partial charge in [-0.1, -0.05) is 11.6 Å². The number of ether oxygens (including phenoxy) is 3. The van der Waals surface area contributed by atoms with E-state index in [1.165, 1.54) is 26.4 Å². The van der Waals surface area contributed by atoms with Gasteiger partial charge in [-0.05, 0) is 42.5 Å². The number of amides is 1. The van der Waals surface area contributed by atoms with Gasteiger partial charge in [-0.2, -0.15) is 0 Å². The van der Waals surface area contributed by atoms with Gasteiger partial charge in [0, 0.05) is 34.0 Å². The highest BCUT2D eigenvalue weighted by Gasteiger charge is 2.19. The van der Waals surface area contributed by atoms with Gasteiger partial charge >= 0.3 is 0 Å². The molecule has 0 aliphatic rings. The predicted octanol–water partition coefficient (Wildman–Crippen LogP) is 3.90. The van der Waals surface area contributed by atoms with Crippen molar-refractivity contribution in [2.45, 2.75) is 0 Å². The SMILES string of the molecule is COc1cc(Cl)ccc1Oc1ccc(C(=O)NS(C)(=O)=O)cc1-c1cccnc1OC. The molecule has 3 aromatic rings. The largest absolute Gasteiger partial charge is 0.493 e. The molecular formula is C21H19ClN2O6S. The van der Waals surface area contributed by atoms with Gasteiger partial charge in [-0.15, -0.1) is 0 Å². The standard InChI is InChI=1S/C21H19ClN2O6S/c1-28-19-12-14(22)7-9-18(19)30-17-8-6-13(20(25)24-31(3,26)27)11-16(17)15-5-4-10-23-21(15)29-2/h4-12H,1-3H3,(H,24,25). The van der Waals surface area contributed by atoms with E-state index in [1.807, 2.05) is 4.72 Å². The first-order chi connectivity index (χ1) is 14.7. The van der Waals surface area contributed by atoms with E-state index in [0.29, 0.717) is 39.3 Å². The van der Waals surface area contributed by atoms with Gasteiger partial charge in [-0.3, -0.25) is 4.79 Å². The van der Waals surface area contributed by atoms with Crippen LogP contribution in [0.5, 0.6) is 23.1 Å². The minimum atomic E-state index is -3.73. The molecule has 0 radical (unpaired) electrons. The van der Waals surface area contributed by atoms with Crippen LogP contribution in [0.25, 0.3) is 11.1 Å². The van der Waals surface area contributed by atoms with Crippen molar-refractivity contribution >= 4 is 27.5 Å². The molecule has 0 fully saturated rings. The Hall–Kier alpha value is -3.30. The second-order valence-electron chi connectivity index (χ2n) is 6.37. The molecule has 10 heteroatoms. The average molecular weight is 463 g/mol. The lowest BCUT2D eigenvalue weighted by Gasteiger charge is -2.16. The first-order valence-corrected chi connectivity index (χ1v) is 11.2. The van der Waals surface area contributed by atoms with Crippen molar-refractivity contribution < 1.29 is 27.4 Å². The number of hydrogen-bond acceptors (Lipinski definition) is 7. The van der Waals surface area contributed by atoms with E-state index in [2.05, 4.69) is 4.98 Å². The van der Waals surface area contributed by atoms with Gasteiger partial charge < -0.3 is 14.2 Å². The lowest BCUT2D eigenvalue weighted by atomic mass is 10.0. The third-order valence-electron chi connectivity index (χ3n) is 4.12. The summed E-state index contributed by atoms with van der Waals surface area (Å²) in [7, 11) is -0.775. The zero-order chi connectivity index (χ0) is 22.6. The van der Waals surface area contributed by atoms with Crippen LogP contribution in [0.2, 0.25) is 5.02 Å².